The van der Waals surface area contributed by atoms with Crippen molar-refractivity contribution in [1.29, 1.82) is 0 Å². The molecule has 0 aromatic carbocycles. The van der Waals surface area contributed by atoms with Crippen LogP contribution in [0.4, 0.5) is 0 Å². The van der Waals surface area contributed by atoms with E-state index in [9.17, 15) is 9.59 Å². The maximum atomic E-state index is 11.7. The summed E-state index contributed by atoms with van der Waals surface area (Å²) < 4.78 is 0. The van der Waals surface area contributed by atoms with Crippen LogP contribution in [-0.2, 0) is 0 Å². The molecule has 0 saturated heterocycles. The third-order valence-corrected chi connectivity index (χ3v) is 3.26. The van der Waals surface area contributed by atoms with Crippen molar-refractivity contribution in [3.8, 4) is 0 Å². The fourth-order valence-corrected chi connectivity index (χ4v) is 1.88. The first kappa shape index (κ1) is 11.9. The molecule has 1 fully saturated rings. The number of amides is 1. The zero-order valence-corrected chi connectivity index (χ0v) is 9.53. The van der Waals surface area contributed by atoms with Gasteiger partial charge < -0.3 is 15.4 Å². The topological polar surface area (TPSA) is 82.2 Å². The highest BCUT2D eigenvalue weighted by atomic mass is 16.3. The summed E-state index contributed by atoms with van der Waals surface area (Å²) in [4.78, 5) is 25.3. The van der Waals surface area contributed by atoms with Crippen LogP contribution in [0.3, 0.4) is 0 Å². The van der Waals surface area contributed by atoms with Crippen LogP contribution in [0, 0.1) is 5.41 Å². The van der Waals surface area contributed by atoms with Gasteiger partial charge in [0.1, 0.15) is 0 Å². The van der Waals surface area contributed by atoms with Gasteiger partial charge in [0.2, 0.25) is 5.56 Å². The second-order valence-electron chi connectivity index (χ2n) is 4.60. The molecule has 1 heterocycles. The molecule has 92 valence electrons. The van der Waals surface area contributed by atoms with Gasteiger partial charge in [-0.1, -0.05) is 0 Å². The molecule has 0 aliphatic heterocycles. The number of carbonyl (C=O) groups is 1. The number of aliphatic hydroxyl groups is 1. The SMILES string of the molecule is O=C(NCC1(CCO)CC1)c1cc[nH]c(=O)c1. The molecule has 0 spiro atoms. The summed E-state index contributed by atoms with van der Waals surface area (Å²) in [6, 6.07) is 2.85. The summed E-state index contributed by atoms with van der Waals surface area (Å²) in [5.74, 6) is -0.236. The average Bonchev–Trinajstić information content (AvgIpc) is 3.07. The van der Waals surface area contributed by atoms with Crippen molar-refractivity contribution in [3.05, 3.63) is 34.2 Å². The van der Waals surface area contributed by atoms with E-state index in [4.69, 9.17) is 5.11 Å². The summed E-state index contributed by atoms with van der Waals surface area (Å²) in [6.45, 7) is 0.722. The maximum absolute atomic E-state index is 11.7. The van der Waals surface area contributed by atoms with Gasteiger partial charge in [-0.05, 0) is 30.7 Å². The molecule has 1 aliphatic carbocycles. The van der Waals surface area contributed by atoms with E-state index in [1.807, 2.05) is 0 Å². The van der Waals surface area contributed by atoms with Crippen molar-refractivity contribution in [3.63, 3.8) is 0 Å². The van der Waals surface area contributed by atoms with E-state index in [0.29, 0.717) is 12.1 Å². The van der Waals surface area contributed by atoms with Crippen molar-refractivity contribution >= 4 is 5.91 Å². The number of hydrogen-bond donors (Lipinski definition) is 3. The van der Waals surface area contributed by atoms with Crippen LogP contribution >= 0.6 is 0 Å². The van der Waals surface area contributed by atoms with Crippen LogP contribution in [0.25, 0.3) is 0 Å². The summed E-state index contributed by atoms with van der Waals surface area (Å²) in [5.41, 5.74) is 0.175. The first-order chi connectivity index (χ1) is 8.15. The standard InChI is InChI=1S/C12H16N2O3/c15-6-4-12(2-3-12)8-14-11(17)9-1-5-13-10(16)7-9/h1,5,7,15H,2-4,6,8H2,(H,13,16)(H,14,17). The fraction of sp³-hybridized carbons (Fsp3) is 0.500. The van der Waals surface area contributed by atoms with Crippen molar-refractivity contribution < 1.29 is 9.90 Å². The first-order valence-corrected chi connectivity index (χ1v) is 5.73. The number of pyridine rings is 1. The number of H-pyrrole nitrogens is 1. The highest BCUT2D eigenvalue weighted by molar-refractivity contribution is 5.93. The summed E-state index contributed by atoms with van der Waals surface area (Å²) >= 11 is 0. The Bertz CT molecular complexity index is 463. The molecule has 3 N–H and O–H groups in total. The predicted octanol–water partition coefficient (Wildman–Crippen LogP) is 0.267. The molecule has 0 bridgehead atoms. The molecule has 5 nitrogen and oxygen atoms in total. The maximum Gasteiger partial charge on any atom is 0.251 e. The van der Waals surface area contributed by atoms with Gasteiger partial charge in [-0.3, -0.25) is 9.59 Å². The van der Waals surface area contributed by atoms with Gasteiger partial charge >= 0.3 is 0 Å². The molecule has 2 rings (SSSR count). The number of nitrogens with one attached hydrogen (secondary N) is 2. The lowest BCUT2D eigenvalue weighted by atomic mass is 10.0. The number of aromatic nitrogens is 1. The van der Waals surface area contributed by atoms with Gasteiger partial charge in [0.25, 0.3) is 5.91 Å². The molecular weight excluding hydrogens is 220 g/mol. The van der Waals surface area contributed by atoms with Gasteiger partial charge in [0.15, 0.2) is 0 Å². The van der Waals surface area contributed by atoms with Crippen molar-refractivity contribution in [1.82, 2.24) is 10.3 Å². The summed E-state index contributed by atoms with van der Waals surface area (Å²) in [5, 5.41) is 11.7. The minimum Gasteiger partial charge on any atom is -0.396 e. The van der Waals surface area contributed by atoms with E-state index in [0.717, 1.165) is 19.3 Å². The molecule has 1 aromatic rings. The Morgan fingerprint density at radius 1 is 1.53 bits per heavy atom. The van der Waals surface area contributed by atoms with Crippen LogP contribution in [-0.4, -0.2) is 29.1 Å². The number of aromatic amines is 1. The molecule has 17 heavy (non-hydrogen) atoms. The summed E-state index contributed by atoms with van der Waals surface area (Å²) in [7, 11) is 0. The van der Waals surface area contributed by atoms with Gasteiger partial charge in [-0.25, -0.2) is 0 Å². The zero-order chi connectivity index (χ0) is 12.3. The second-order valence-corrected chi connectivity index (χ2v) is 4.60. The number of aliphatic hydroxyl groups excluding tert-OH is 1. The van der Waals surface area contributed by atoms with E-state index >= 15 is 0 Å². The highest BCUT2D eigenvalue weighted by Gasteiger charge is 2.41. The van der Waals surface area contributed by atoms with Crippen LogP contribution in [0.15, 0.2) is 23.1 Å². The van der Waals surface area contributed by atoms with E-state index < -0.39 is 0 Å². The smallest absolute Gasteiger partial charge is 0.251 e. The molecule has 0 atom stereocenters. The highest BCUT2D eigenvalue weighted by Crippen LogP contribution is 2.47. The quantitative estimate of drug-likeness (QED) is 0.686. The molecule has 5 heteroatoms. The van der Waals surface area contributed by atoms with E-state index in [1.54, 1.807) is 6.07 Å². The van der Waals surface area contributed by atoms with Crippen molar-refractivity contribution in [2.75, 3.05) is 13.2 Å². The molecular formula is C12H16N2O3. The Kier molecular flexibility index (Phi) is 3.28. The fourth-order valence-electron chi connectivity index (χ4n) is 1.88. The lowest BCUT2D eigenvalue weighted by molar-refractivity contribution is 0.0940. The Balaban J connectivity index is 1.92. The third kappa shape index (κ3) is 2.94. The van der Waals surface area contributed by atoms with Crippen molar-refractivity contribution in [2.45, 2.75) is 19.3 Å². The Morgan fingerprint density at radius 3 is 2.88 bits per heavy atom. The monoisotopic (exact) mass is 236 g/mol. The van der Waals surface area contributed by atoms with Gasteiger partial charge in [-0.15, -0.1) is 0 Å². The third-order valence-electron chi connectivity index (χ3n) is 3.26. The lowest BCUT2D eigenvalue weighted by Gasteiger charge is -2.14. The van der Waals surface area contributed by atoms with E-state index in [-0.39, 0.29) is 23.5 Å². The number of rotatable bonds is 5. The van der Waals surface area contributed by atoms with Crippen LogP contribution in [0.1, 0.15) is 29.6 Å². The largest absolute Gasteiger partial charge is 0.396 e. The first-order valence-electron chi connectivity index (χ1n) is 5.73. The average molecular weight is 236 g/mol. The number of hydrogen-bond acceptors (Lipinski definition) is 3. The second kappa shape index (κ2) is 4.71. The van der Waals surface area contributed by atoms with Gasteiger partial charge in [0.05, 0.1) is 0 Å². The lowest BCUT2D eigenvalue weighted by Crippen LogP contribution is -2.31. The van der Waals surface area contributed by atoms with E-state index in [2.05, 4.69) is 10.3 Å². The van der Waals surface area contributed by atoms with Crippen LogP contribution in [0.2, 0.25) is 0 Å². The molecule has 0 radical (unpaired) electrons. The minimum atomic E-state index is -0.283. The van der Waals surface area contributed by atoms with E-state index in [1.165, 1.54) is 12.3 Å². The normalized spacial score (nSPS) is 16.5. The Morgan fingerprint density at radius 2 is 2.29 bits per heavy atom. The van der Waals surface area contributed by atoms with Crippen LogP contribution < -0.4 is 10.9 Å². The van der Waals surface area contributed by atoms with Gasteiger partial charge in [-0.2, -0.15) is 0 Å². The van der Waals surface area contributed by atoms with Crippen LogP contribution in [0.5, 0.6) is 0 Å². The molecule has 1 amide bonds. The minimum absolute atomic E-state index is 0.0889. The predicted molar refractivity (Wildman–Crippen MR) is 62.8 cm³/mol. The summed E-state index contributed by atoms with van der Waals surface area (Å²) in [6.07, 6.45) is 4.27. The Hall–Kier alpha value is -1.62. The number of carbonyl (C=O) groups excluding carboxylic acids is 1. The Labute approximate surface area is 98.9 Å². The molecule has 1 aromatic heterocycles. The molecule has 1 aliphatic rings. The van der Waals surface area contributed by atoms with Gasteiger partial charge in [0, 0.05) is 31.0 Å². The molecule has 0 unspecified atom stereocenters. The van der Waals surface area contributed by atoms with Crippen molar-refractivity contribution in [2.24, 2.45) is 5.41 Å². The molecule has 1 saturated carbocycles. The zero-order valence-electron chi connectivity index (χ0n) is 9.53.